The van der Waals surface area contributed by atoms with E-state index < -0.39 is 29.4 Å². The van der Waals surface area contributed by atoms with Gasteiger partial charge in [0.05, 0.1) is 35.1 Å². The lowest BCUT2D eigenvalue weighted by atomic mass is 9.75. The van der Waals surface area contributed by atoms with Crippen LogP contribution in [-0.2, 0) is 22.9 Å². The number of aromatic nitrogens is 2. The minimum Gasteiger partial charge on any atom is -0.379 e. The molecule has 0 atom stereocenters. The van der Waals surface area contributed by atoms with Gasteiger partial charge in [-0.25, -0.2) is 4.79 Å². The van der Waals surface area contributed by atoms with Crippen molar-refractivity contribution < 1.29 is 31.3 Å². The molecule has 0 bridgehead atoms. The van der Waals surface area contributed by atoms with Gasteiger partial charge in [0.25, 0.3) is 0 Å². The van der Waals surface area contributed by atoms with Crippen LogP contribution < -0.4 is 5.69 Å². The summed E-state index contributed by atoms with van der Waals surface area (Å²) in [4.78, 5) is 15.7. The maximum absolute atomic E-state index is 14.2. The molecule has 8 nitrogen and oxygen atoms in total. The summed E-state index contributed by atoms with van der Waals surface area (Å²) in [5, 5.41) is 7.46. The van der Waals surface area contributed by atoms with Gasteiger partial charge < -0.3 is 4.74 Å². The topological polar surface area (TPSA) is 66.6 Å². The zero-order valence-corrected chi connectivity index (χ0v) is 21.9. The van der Waals surface area contributed by atoms with Crippen molar-refractivity contribution in [2.24, 2.45) is 15.6 Å². The number of azo groups is 1. The third-order valence-corrected chi connectivity index (χ3v) is 8.86. The monoisotopic (exact) mass is 574 g/mol. The van der Waals surface area contributed by atoms with Gasteiger partial charge in [-0.15, -0.1) is 0 Å². The minimum absolute atomic E-state index is 0.0911. The highest BCUT2D eigenvalue weighted by Crippen LogP contribution is 2.53. The van der Waals surface area contributed by atoms with Crippen LogP contribution in [0.2, 0.25) is 0 Å². The number of nitrogens with zero attached hydrogens (tertiary/aromatic N) is 6. The number of ether oxygens (including phenoxy) is 1. The zero-order chi connectivity index (χ0) is 28.6. The van der Waals surface area contributed by atoms with E-state index >= 15 is 0 Å². The Bertz CT molecular complexity index is 1630. The van der Waals surface area contributed by atoms with Crippen LogP contribution in [0.1, 0.15) is 42.4 Å². The number of pyridine rings is 1. The van der Waals surface area contributed by atoms with Gasteiger partial charge in [-0.1, -0.05) is 12.1 Å². The molecule has 41 heavy (non-hydrogen) atoms. The number of rotatable bonds is 7. The highest BCUT2D eigenvalue weighted by Gasteiger charge is 2.49. The Kier molecular flexibility index (Phi) is 5.99. The molecule has 5 heterocycles. The van der Waals surface area contributed by atoms with E-state index in [1.807, 2.05) is 0 Å². The predicted molar refractivity (Wildman–Crippen MR) is 137 cm³/mol. The fraction of sp³-hybridized carbons (Fsp3) is 0.464. The quantitative estimate of drug-likeness (QED) is 0.227. The molecular weight excluding hydrogens is 547 g/mol. The lowest BCUT2D eigenvalue weighted by Crippen LogP contribution is -2.48. The van der Waals surface area contributed by atoms with E-state index in [0.29, 0.717) is 33.3 Å². The second-order valence-corrected chi connectivity index (χ2v) is 11.7. The minimum atomic E-state index is -4.65. The fourth-order valence-corrected chi connectivity index (χ4v) is 6.31. The van der Waals surface area contributed by atoms with Crippen molar-refractivity contribution in [1.29, 1.82) is 0 Å². The Labute approximate surface area is 231 Å². The van der Waals surface area contributed by atoms with Crippen molar-refractivity contribution >= 4 is 11.9 Å². The maximum atomic E-state index is 14.2. The zero-order valence-electron chi connectivity index (χ0n) is 21.9. The first kappa shape index (κ1) is 26.4. The summed E-state index contributed by atoms with van der Waals surface area (Å²) in [7, 11) is 0. The smallest absolute Gasteiger partial charge is 0.379 e. The molecule has 1 aliphatic carbocycles. The van der Waals surface area contributed by atoms with Crippen molar-refractivity contribution in [1.82, 2.24) is 13.9 Å². The summed E-state index contributed by atoms with van der Waals surface area (Å²) in [6, 6.07) is 7.95. The summed E-state index contributed by atoms with van der Waals surface area (Å²) >= 11 is 0. The Morgan fingerprint density at radius 2 is 1.90 bits per heavy atom. The standard InChI is InChI=1S/C28H27F5N6O2/c29-24(30)39-17-34-35-23(39)10-27(15-41-16-27)19-2-1-3-20(9-19)37-13-22-21(28(31,32)33)8-18(12-38(22)25(37)40)11-36-7-6-26(14-36)4-5-26/h1-3,8-9,12-13,17,24H,4-7,10-11,14-16H2/q+1. The number of halogens is 5. The number of alkyl halides is 5. The first-order valence-corrected chi connectivity index (χ1v) is 13.5. The average Bonchev–Trinajstić information content (AvgIpc) is 3.20. The largest absolute Gasteiger partial charge is 0.418 e. The summed E-state index contributed by atoms with van der Waals surface area (Å²) in [5.41, 5.74) is -0.584. The molecular formula is C28H27F5N6O2+. The SMILES string of the molecule is O=c1n(-c2cccc(C3(C[C]4N=NC=[N+]4C(F)F)COC3)c2)cc2c(C(F)(F)F)cc(CN3CCC4(CC4)C3)cn12. The van der Waals surface area contributed by atoms with Crippen molar-refractivity contribution in [3.8, 4) is 5.69 Å². The maximum Gasteiger partial charge on any atom is 0.418 e. The van der Waals surface area contributed by atoms with Crippen molar-refractivity contribution in [3.05, 3.63) is 76.1 Å². The van der Waals surface area contributed by atoms with Gasteiger partial charge in [-0.05, 0) is 65.7 Å². The van der Waals surface area contributed by atoms with Gasteiger partial charge in [0.15, 0.2) is 0 Å². The van der Waals surface area contributed by atoms with Crippen molar-refractivity contribution in [3.63, 3.8) is 0 Å². The molecule has 0 N–H and O–H groups in total. The van der Waals surface area contributed by atoms with Gasteiger partial charge >= 0.3 is 30.9 Å². The van der Waals surface area contributed by atoms with Crippen molar-refractivity contribution in [2.45, 2.75) is 50.4 Å². The molecule has 0 amide bonds. The first-order chi connectivity index (χ1) is 19.6. The Morgan fingerprint density at radius 1 is 1.10 bits per heavy atom. The molecule has 1 spiro atoms. The molecule has 1 saturated carbocycles. The molecule has 13 heteroatoms. The summed E-state index contributed by atoms with van der Waals surface area (Å²) in [6.45, 7) is -0.281. The number of imidazole rings is 1. The fourth-order valence-electron chi connectivity index (χ4n) is 6.31. The van der Waals surface area contributed by atoms with Gasteiger partial charge in [0.2, 0.25) is 0 Å². The molecule has 3 fully saturated rings. The van der Waals surface area contributed by atoms with E-state index in [2.05, 4.69) is 15.1 Å². The van der Waals surface area contributed by atoms with Crippen molar-refractivity contribution in [2.75, 3.05) is 26.3 Å². The normalized spacial score (nSPS) is 21.8. The van der Waals surface area contributed by atoms with Crippen LogP contribution in [0.4, 0.5) is 22.0 Å². The molecule has 2 saturated heterocycles. The average molecular weight is 575 g/mol. The van der Waals surface area contributed by atoms with E-state index in [1.165, 1.54) is 17.0 Å². The van der Waals surface area contributed by atoms with Gasteiger partial charge in [-0.2, -0.15) is 26.5 Å². The van der Waals surface area contributed by atoms with Crippen LogP contribution >= 0.6 is 0 Å². The Hall–Kier alpha value is -3.45. The first-order valence-electron chi connectivity index (χ1n) is 13.5. The summed E-state index contributed by atoms with van der Waals surface area (Å²) < 4.78 is 77.9. The van der Waals surface area contributed by atoms with E-state index in [4.69, 9.17) is 4.74 Å². The highest BCUT2D eigenvalue weighted by molar-refractivity contribution is 5.58. The van der Waals surface area contributed by atoms with E-state index in [1.54, 1.807) is 24.3 Å². The number of benzene rings is 1. The van der Waals surface area contributed by atoms with E-state index in [-0.39, 0.29) is 31.3 Å². The molecule has 0 unspecified atom stereocenters. The van der Waals surface area contributed by atoms with Crippen LogP contribution in [-0.4, -0.2) is 57.6 Å². The third-order valence-electron chi connectivity index (χ3n) is 8.86. The summed E-state index contributed by atoms with van der Waals surface area (Å²) in [6.07, 6.45) is 2.62. The summed E-state index contributed by atoms with van der Waals surface area (Å²) in [5.74, 6) is 0. The van der Waals surface area contributed by atoms with Crippen LogP contribution in [0.25, 0.3) is 11.2 Å². The molecule has 2 aromatic heterocycles. The predicted octanol–water partition coefficient (Wildman–Crippen LogP) is 4.97. The second-order valence-electron chi connectivity index (χ2n) is 11.7. The molecule has 215 valence electrons. The lowest BCUT2D eigenvalue weighted by molar-refractivity contribution is -0.607. The van der Waals surface area contributed by atoms with E-state index in [9.17, 15) is 26.7 Å². The number of hydrogen-bond acceptors (Lipinski definition) is 5. The van der Waals surface area contributed by atoms with Gasteiger partial charge in [-0.3, -0.25) is 13.9 Å². The molecule has 4 aliphatic rings. The van der Waals surface area contributed by atoms with Crippen LogP contribution in [0.3, 0.4) is 0 Å². The van der Waals surface area contributed by atoms with Crippen LogP contribution in [0.5, 0.6) is 0 Å². The molecule has 3 aliphatic heterocycles. The number of hydrogen-bond donors (Lipinski definition) is 0. The Morgan fingerprint density at radius 3 is 2.56 bits per heavy atom. The molecule has 7 rings (SSSR count). The van der Waals surface area contributed by atoms with Crippen LogP contribution in [0, 0.1) is 11.6 Å². The lowest BCUT2D eigenvalue weighted by Gasteiger charge is -2.42. The van der Waals surface area contributed by atoms with E-state index in [0.717, 1.165) is 49.2 Å². The number of fused-ring (bicyclic) bond motifs is 1. The number of likely N-dealkylation sites (tertiary alicyclic amines) is 1. The molecule has 1 radical (unpaired) electrons. The van der Waals surface area contributed by atoms with Gasteiger partial charge in [0.1, 0.15) is 0 Å². The highest BCUT2D eigenvalue weighted by atomic mass is 19.4. The Balaban J connectivity index is 1.24. The second kappa shape index (κ2) is 9.28. The third kappa shape index (κ3) is 4.58. The molecule has 3 aromatic rings. The molecule has 1 aromatic carbocycles. The van der Waals surface area contributed by atoms with Crippen LogP contribution in [0.15, 0.2) is 57.7 Å². The van der Waals surface area contributed by atoms with Gasteiger partial charge in [0, 0.05) is 37.3 Å².